The number of para-hydroxylation sites is 1. The molecule has 7 heteroatoms. The van der Waals surface area contributed by atoms with E-state index < -0.39 is 0 Å². The Morgan fingerprint density at radius 2 is 2.03 bits per heavy atom. The predicted molar refractivity (Wildman–Crippen MR) is 110 cm³/mol. The first-order chi connectivity index (χ1) is 14.2. The number of aromatic nitrogens is 2. The van der Waals surface area contributed by atoms with Gasteiger partial charge in [-0.3, -0.25) is 9.48 Å². The van der Waals surface area contributed by atoms with E-state index in [-0.39, 0.29) is 12.5 Å². The second kappa shape index (κ2) is 7.87. The average Bonchev–Trinajstić information content (AvgIpc) is 3.17. The van der Waals surface area contributed by atoms with Gasteiger partial charge in [0, 0.05) is 23.7 Å². The smallest absolute Gasteiger partial charge is 0.248 e. The fraction of sp³-hybridized carbons (Fsp3) is 0.273. The number of likely N-dealkylation sites (N-methyl/N-ethyl adjacent to an activating group) is 1. The summed E-state index contributed by atoms with van der Waals surface area (Å²) in [5.41, 5.74) is 3.51. The van der Waals surface area contributed by atoms with Gasteiger partial charge in [0.05, 0.1) is 31.8 Å². The quantitative estimate of drug-likeness (QED) is 0.641. The zero-order chi connectivity index (χ0) is 20.4. The van der Waals surface area contributed by atoms with E-state index in [1.165, 1.54) is 0 Å². The van der Waals surface area contributed by atoms with E-state index in [0.717, 1.165) is 22.6 Å². The highest BCUT2D eigenvalue weighted by Gasteiger charge is 2.25. The number of benzene rings is 2. The lowest BCUT2D eigenvalue weighted by molar-refractivity contribution is -0.119. The number of hydrogen-bond donors (Lipinski definition) is 0. The summed E-state index contributed by atoms with van der Waals surface area (Å²) in [7, 11) is 3.18. The van der Waals surface area contributed by atoms with Crippen molar-refractivity contribution >= 4 is 11.6 Å². The molecular formula is C22H23N3O4. The first-order valence-electron chi connectivity index (χ1n) is 9.45. The maximum absolute atomic E-state index is 13.2. The summed E-state index contributed by atoms with van der Waals surface area (Å²) in [6, 6.07) is 13.2. The fourth-order valence-corrected chi connectivity index (χ4v) is 3.61. The molecule has 0 aliphatic carbocycles. The Bertz CT molecular complexity index is 1040. The maximum Gasteiger partial charge on any atom is 0.248 e. The van der Waals surface area contributed by atoms with Crippen LogP contribution in [0.1, 0.15) is 12.5 Å². The van der Waals surface area contributed by atoms with Crippen molar-refractivity contribution in [1.82, 2.24) is 9.78 Å². The Hall–Kier alpha value is -3.48. The number of anilines is 1. The lowest BCUT2D eigenvalue weighted by Gasteiger charge is -2.25. The van der Waals surface area contributed by atoms with Gasteiger partial charge < -0.3 is 19.1 Å². The predicted octanol–water partition coefficient (Wildman–Crippen LogP) is 3.51. The number of nitrogens with zero attached hydrogens (tertiary/aromatic N) is 3. The van der Waals surface area contributed by atoms with Crippen molar-refractivity contribution < 1.29 is 19.0 Å². The molecule has 1 amide bonds. The SMILES string of the molecule is CCN(C(=O)Cn1ncc2c1-c1ccccc1OC2)c1cc(OC)ccc1OC. The Kier molecular flexibility index (Phi) is 5.12. The van der Waals surface area contributed by atoms with E-state index in [2.05, 4.69) is 5.10 Å². The fourth-order valence-electron chi connectivity index (χ4n) is 3.61. The summed E-state index contributed by atoms with van der Waals surface area (Å²) in [4.78, 5) is 14.9. The molecule has 150 valence electrons. The Morgan fingerprint density at radius 3 is 2.79 bits per heavy atom. The number of methoxy groups -OCH3 is 2. The van der Waals surface area contributed by atoms with Gasteiger partial charge in [0.2, 0.25) is 5.91 Å². The number of ether oxygens (including phenoxy) is 3. The van der Waals surface area contributed by atoms with Crippen molar-refractivity contribution in [2.75, 3.05) is 25.7 Å². The number of carbonyl (C=O) groups is 1. The highest BCUT2D eigenvalue weighted by Crippen LogP contribution is 2.37. The second-order valence-corrected chi connectivity index (χ2v) is 6.64. The molecule has 2 aromatic carbocycles. The van der Waals surface area contributed by atoms with Gasteiger partial charge in [-0.2, -0.15) is 5.10 Å². The molecule has 0 unspecified atom stereocenters. The minimum Gasteiger partial charge on any atom is -0.497 e. The summed E-state index contributed by atoms with van der Waals surface area (Å²) in [6.07, 6.45) is 1.76. The number of carbonyl (C=O) groups excluding carboxylic acids is 1. The molecule has 4 rings (SSSR count). The monoisotopic (exact) mass is 393 g/mol. The first kappa shape index (κ1) is 18.9. The van der Waals surface area contributed by atoms with Crippen LogP contribution in [0.4, 0.5) is 5.69 Å². The van der Waals surface area contributed by atoms with Crippen LogP contribution in [0.25, 0.3) is 11.3 Å². The second-order valence-electron chi connectivity index (χ2n) is 6.64. The van der Waals surface area contributed by atoms with Crippen LogP contribution in [0.15, 0.2) is 48.7 Å². The molecule has 0 fully saturated rings. The van der Waals surface area contributed by atoms with Crippen LogP contribution in [0.3, 0.4) is 0 Å². The molecule has 0 bridgehead atoms. The molecule has 1 aliphatic rings. The van der Waals surface area contributed by atoms with Gasteiger partial charge in [0.1, 0.15) is 30.4 Å². The lowest BCUT2D eigenvalue weighted by Crippen LogP contribution is -2.34. The molecule has 0 N–H and O–H groups in total. The van der Waals surface area contributed by atoms with Gasteiger partial charge in [-0.25, -0.2) is 0 Å². The minimum absolute atomic E-state index is 0.0890. The lowest BCUT2D eigenvalue weighted by atomic mass is 10.0. The summed E-state index contributed by atoms with van der Waals surface area (Å²) >= 11 is 0. The molecular weight excluding hydrogens is 370 g/mol. The molecule has 1 aliphatic heterocycles. The maximum atomic E-state index is 13.2. The average molecular weight is 393 g/mol. The van der Waals surface area contributed by atoms with Gasteiger partial charge in [-0.1, -0.05) is 12.1 Å². The van der Waals surface area contributed by atoms with Crippen molar-refractivity contribution in [2.24, 2.45) is 0 Å². The van der Waals surface area contributed by atoms with E-state index >= 15 is 0 Å². The third kappa shape index (κ3) is 3.40. The first-order valence-corrected chi connectivity index (χ1v) is 9.45. The summed E-state index contributed by atoms with van der Waals surface area (Å²) < 4.78 is 18.3. The van der Waals surface area contributed by atoms with Crippen LogP contribution in [-0.4, -0.2) is 36.5 Å². The summed E-state index contributed by atoms with van der Waals surface area (Å²) in [5, 5.41) is 4.46. The summed E-state index contributed by atoms with van der Waals surface area (Å²) in [6.45, 7) is 2.98. The van der Waals surface area contributed by atoms with Crippen LogP contribution in [0.5, 0.6) is 17.2 Å². The van der Waals surface area contributed by atoms with Gasteiger partial charge in [0.25, 0.3) is 0 Å². The number of rotatable bonds is 6. The van der Waals surface area contributed by atoms with Crippen molar-refractivity contribution in [3.63, 3.8) is 0 Å². The molecule has 0 radical (unpaired) electrons. The molecule has 29 heavy (non-hydrogen) atoms. The van der Waals surface area contributed by atoms with E-state index in [0.29, 0.717) is 30.3 Å². The zero-order valence-electron chi connectivity index (χ0n) is 16.7. The zero-order valence-corrected chi connectivity index (χ0v) is 16.7. The molecule has 0 saturated heterocycles. The highest BCUT2D eigenvalue weighted by molar-refractivity contribution is 5.95. The van der Waals surface area contributed by atoms with Crippen molar-refractivity contribution in [3.05, 3.63) is 54.2 Å². The van der Waals surface area contributed by atoms with Gasteiger partial charge >= 0.3 is 0 Å². The molecule has 3 aromatic rings. The molecule has 1 aromatic heterocycles. The number of hydrogen-bond acceptors (Lipinski definition) is 5. The van der Waals surface area contributed by atoms with Gasteiger partial charge in [0.15, 0.2) is 0 Å². The van der Waals surface area contributed by atoms with Crippen LogP contribution in [-0.2, 0) is 17.9 Å². The van der Waals surface area contributed by atoms with E-state index in [1.54, 1.807) is 36.1 Å². The number of fused-ring (bicyclic) bond motifs is 3. The van der Waals surface area contributed by atoms with Crippen LogP contribution < -0.4 is 19.1 Å². The largest absolute Gasteiger partial charge is 0.497 e. The Labute approximate surface area is 169 Å². The van der Waals surface area contributed by atoms with Crippen molar-refractivity contribution in [2.45, 2.75) is 20.1 Å². The Balaban J connectivity index is 1.67. The molecule has 0 spiro atoms. The van der Waals surface area contributed by atoms with Crippen molar-refractivity contribution in [3.8, 4) is 28.5 Å². The molecule has 0 atom stereocenters. The third-order valence-electron chi connectivity index (χ3n) is 5.02. The standard InChI is InChI=1S/C22H23N3O4/c1-4-24(18-11-16(27-2)9-10-20(18)28-3)21(26)13-25-22-15(12-23-25)14-29-19-8-6-5-7-17(19)22/h5-12H,4,13-14H2,1-3H3. The van der Waals surface area contributed by atoms with Gasteiger partial charge in [-0.15, -0.1) is 0 Å². The van der Waals surface area contributed by atoms with Crippen LogP contribution >= 0.6 is 0 Å². The van der Waals surface area contributed by atoms with Crippen LogP contribution in [0.2, 0.25) is 0 Å². The normalized spacial score (nSPS) is 11.8. The molecule has 0 saturated carbocycles. The third-order valence-corrected chi connectivity index (χ3v) is 5.02. The molecule has 2 heterocycles. The molecule has 7 nitrogen and oxygen atoms in total. The Morgan fingerprint density at radius 1 is 1.21 bits per heavy atom. The minimum atomic E-state index is -0.0890. The van der Waals surface area contributed by atoms with Crippen LogP contribution in [0, 0.1) is 0 Å². The number of amides is 1. The topological polar surface area (TPSA) is 65.8 Å². The van der Waals surface area contributed by atoms with E-state index in [1.807, 2.05) is 43.3 Å². The van der Waals surface area contributed by atoms with E-state index in [9.17, 15) is 4.79 Å². The summed E-state index contributed by atoms with van der Waals surface area (Å²) in [5.74, 6) is 1.99. The van der Waals surface area contributed by atoms with E-state index in [4.69, 9.17) is 14.2 Å². The highest BCUT2D eigenvalue weighted by atomic mass is 16.5. The van der Waals surface area contributed by atoms with Crippen molar-refractivity contribution in [1.29, 1.82) is 0 Å². The van der Waals surface area contributed by atoms with Gasteiger partial charge in [-0.05, 0) is 31.2 Å².